The van der Waals surface area contributed by atoms with E-state index in [1.807, 2.05) is 13.8 Å². The van der Waals surface area contributed by atoms with Gasteiger partial charge in [-0.1, -0.05) is 62.2 Å². The monoisotopic (exact) mass is 376 g/mol. The molecule has 1 aromatic rings. The molecule has 0 aliphatic carbocycles. The molecule has 0 bridgehead atoms. The molecule has 0 N–H and O–H groups in total. The van der Waals surface area contributed by atoms with E-state index in [1.54, 1.807) is 38.5 Å². The van der Waals surface area contributed by atoms with Crippen LogP contribution in [-0.2, 0) is 19.1 Å². The number of hydrogen-bond acceptors (Lipinski definition) is 4. The number of rotatable bonds is 3. The Morgan fingerprint density at radius 1 is 1.14 bits per heavy atom. The fourth-order valence-corrected chi connectivity index (χ4v) is 1.33. The first-order chi connectivity index (χ1) is 10.5. The molecule has 0 amide bonds. The molecular weight excluding hydrogens is 348 g/mol. The van der Waals surface area contributed by atoms with Crippen LogP contribution in [0.3, 0.4) is 0 Å². The number of halogens is 1. The molecule has 0 saturated heterocycles. The normalized spacial score (nSPS) is 9.45. The SMILES string of the molecule is CC.CCC.COC.COC(=O)C(C=O)c1ccc(Br)cc1. The minimum Gasteiger partial charge on any atom is -0.468 e. The third-order valence-electron chi connectivity index (χ3n) is 1.82. The summed E-state index contributed by atoms with van der Waals surface area (Å²) in [5.74, 6) is -1.37. The van der Waals surface area contributed by atoms with Crippen LogP contribution in [0.1, 0.15) is 45.6 Å². The van der Waals surface area contributed by atoms with Gasteiger partial charge in [0.1, 0.15) is 12.2 Å². The van der Waals surface area contributed by atoms with Gasteiger partial charge in [0, 0.05) is 18.7 Å². The number of aldehydes is 1. The van der Waals surface area contributed by atoms with Gasteiger partial charge in [-0.05, 0) is 17.7 Å². The molecule has 1 atom stereocenters. The summed E-state index contributed by atoms with van der Waals surface area (Å²) < 4.78 is 9.65. The van der Waals surface area contributed by atoms with Gasteiger partial charge in [-0.2, -0.15) is 0 Å². The van der Waals surface area contributed by atoms with Gasteiger partial charge in [-0.3, -0.25) is 4.79 Å². The summed E-state index contributed by atoms with van der Waals surface area (Å²) in [4.78, 5) is 21.8. The number of benzene rings is 1. The highest BCUT2D eigenvalue weighted by Crippen LogP contribution is 2.18. The number of esters is 1. The smallest absolute Gasteiger partial charge is 0.320 e. The maximum absolute atomic E-state index is 11.2. The van der Waals surface area contributed by atoms with Crippen molar-refractivity contribution < 1.29 is 19.1 Å². The lowest BCUT2D eigenvalue weighted by Crippen LogP contribution is -2.15. The Bertz CT molecular complexity index is 361. The molecule has 0 saturated carbocycles. The fourth-order valence-electron chi connectivity index (χ4n) is 1.07. The van der Waals surface area contributed by atoms with Crippen molar-refractivity contribution in [3.05, 3.63) is 34.3 Å². The summed E-state index contributed by atoms with van der Waals surface area (Å²) in [5.41, 5.74) is 0.634. The van der Waals surface area contributed by atoms with E-state index >= 15 is 0 Å². The van der Waals surface area contributed by atoms with E-state index in [0.717, 1.165) is 4.47 Å². The first-order valence-corrected chi connectivity index (χ1v) is 8.00. The quantitative estimate of drug-likeness (QED) is 0.439. The van der Waals surface area contributed by atoms with Crippen molar-refractivity contribution in [2.24, 2.45) is 0 Å². The maximum atomic E-state index is 11.2. The summed E-state index contributed by atoms with van der Waals surface area (Å²) in [7, 11) is 4.51. The third kappa shape index (κ3) is 13.8. The van der Waals surface area contributed by atoms with Crippen LogP contribution in [0.15, 0.2) is 28.7 Å². The Morgan fingerprint density at radius 2 is 1.50 bits per heavy atom. The fraction of sp³-hybridized carbons (Fsp3) is 0.529. The number of methoxy groups -OCH3 is 2. The Morgan fingerprint density at radius 3 is 1.77 bits per heavy atom. The lowest BCUT2D eigenvalue weighted by atomic mass is 10.0. The first-order valence-electron chi connectivity index (χ1n) is 7.20. The zero-order valence-electron chi connectivity index (χ0n) is 14.7. The molecule has 0 radical (unpaired) electrons. The second-order valence-corrected chi connectivity index (χ2v) is 4.72. The molecule has 22 heavy (non-hydrogen) atoms. The number of carbonyl (C=O) groups excluding carboxylic acids is 2. The Kier molecular flexibility index (Phi) is 23.2. The van der Waals surface area contributed by atoms with Crippen LogP contribution in [0, 0.1) is 0 Å². The van der Waals surface area contributed by atoms with Gasteiger partial charge in [0.2, 0.25) is 0 Å². The third-order valence-corrected chi connectivity index (χ3v) is 2.35. The molecule has 0 spiro atoms. The van der Waals surface area contributed by atoms with E-state index < -0.39 is 11.9 Å². The van der Waals surface area contributed by atoms with Crippen molar-refractivity contribution in [3.63, 3.8) is 0 Å². The minimum atomic E-state index is -0.826. The Hall–Kier alpha value is -1.20. The topological polar surface area (TPSA) is 52.6 Å². The zero-order valence-corrected chi connectivity index (χ0v) is 16.3. The molecule has 5 heteroatoms. The zero-order chi connectivity index (χ0) is 18.0. The van der Waals surface area contributed by atoms with E-state index in [2.05, 4.69) is 39.3 Å². The van der Waals surface area contributed by atoms with Crippen molar-refractivity contribution in [1.82, 2.24) is 0 Å². The average molecular weight is 377 g/mol. The number of ether oxygens (including phenoxy) is 2. The van der Waals surface area contributed by atoms with Crippen LogP contribution in [0.5, 0.6) is 0 Å². The van der Waals surface area contributed by atoms with Crippen molar-refractivity contribution >= 4 is 28.2 Å². The molecule has 0 aliphatic heterocycles. The first kappa shape index (κ1) is 25.7. The van der Waals surface area contributed by atoms with Crippen LogP contribution >= 0.6 is 15.9 Å². The second-order valence-electron chi connectivity index (χ2n) is 3.80. The van der Waals surface area contributed by atoms with Gasteiger partial charge in [-0.25, -0.2) is 0 Å². The predicted octanol–water partition coefficient (Wildman–Crippen LogP) is 4.61. The largest absolute Gasteiger partial charge is 0.468 e. The molecule has 128 valence electrons. The Balaban J connectivity index is -0.000000382. The molecule has 0 heterocycles. The molecule has 0 aliphatic rings. The summed E-state index contributed by atoms with van der Waals surface area (Å²) in [5, 5.41) is 0. The van der Waals surface area contributed by atoms with Crippen LogP contribution < -0.4 is 0 Å². The molecule has 0 fully saturated rings. The van der Waals surface area contributed by atoms with Crippen LogP contribution in [0.2, 0.25) is 0 Å². The molecular formula is C17H29BrO4. The van der Waals surface area contributed by atoms with E-state index in [9.17, 15) is 9.59 Å². The molecule has 1 aromatic carbocycles. The van der Waals surface area contributed by atoms with Gasteiger partial charge in [-0.15, -0.1) is 0 Å². The molecule has 1 unspecified atom stereocenters. The summed E-state index contributed by atoms with van der Waals surface area (Å²) in [6, 6.07) is 6.96. The van der Waals surface area contributed by atoms with Crippen LogP contribution in [-0.4, -0.2) is 33.6 Å². The van der Waals surface area contributed by atoms with Gasteiger partial charge in [0.15, 0.2) is 0 Å². The number of hydrogen-bond donors (Lipinski definition) is 0. The maximum Gasteiger partial charge on any atom is 0.320 e. The van der Waals surface area contributed by atoms with Crippen LogP contribution in [0.25, 0.3) is 0 Å². The second kappa shape index (κ2) is 19.8. The highest BCUT2D eigenvalue weighted by molar-refractivity contribution is 9.10. The van der Waals surface area contributed by atoms with Gasteiger partial charge in [0.25, 0.3) is 0 Å². The van der Waals surface area contributed by atoms with Crippen molar-refractivity contribution in [2.75, 3.05) is 21.3 Å². The van der Waals surface area contributed by atoms with Gasteiger partial charge in [0.05, 0.1) is 7.11 Å². The van der Waals surface area contributed by atoms with Gasteiger partial charge >= 0.3 is 5.97 Å². The van der Waals surface area contributed by atoms with E-state index in [-0.39, 0.29) is 0 Å². The molecule has 0 aromatic heterocycles. The van der Waals surface area contributed by atoms with Gasteiger partial charge < -0.3 is 14.3 Å². The standard InChI is InChI=1S/C10H9BrO3.C3H8.C2H6O.C2H6/c1-14-10(13)9(6-12)7-2-4-8(11)5-3-7;2*1-3-2;1-2/h2-6,9H,1H3;3H2,1-2H3;1-2H3;1-2H3. The Labute approximate surface area is 143 Å². The van der Waals surface area contributed by atoms with Crippen LogP contribution in [0.4, 0.5) is 0 Å². The summed E-state index contributed by atoms with van der Waals surface area (Å²) in [6.45, 7) is 8.25. The van der Waals surface area contributed by atoms with Crippen molar-refractivity contribution in [3.8, 4) is 0 Å². The molecule has 1 rings (SSSR count). The summed E-state index contributed by atoms with van der Waals surface area (Å²) >= 11 is 3.27. The summed E-state index contributed by atoms with van der Waals surface area (Å²) in [6.07, 6.45) is 1.83. The minimum absolute atomic E-state index is 0.540. The van der Waals surface area contributed by atoms with E-state index in [0.29, 0.717) is 11.8 Å². The van der Waals surface area contributed by atoms with Crippen molar-refractivity contribution in [2.45, 2.75) is 40.0 Å². The lowest BCUT2D eigenvalue weighted by Gasteiger charge is -2.07. The number of carbonyl (C=O) groups is 2. The van der Waals surface area contributed by atoms with E-state index in [1.165, 1.54) is 13.5 Å². The van der Waals surface area contributed by atoms with E-state index in [4.69, 9.17) is 0 Å². The van der Waals surface area contributed by atoms with Crippen molar-refractivity contribution in [1.29, 1.82) is 0 Å². The predicted molar refractivity (Wildman–Crippen MR) is 95.2 cm³/mol. The molecule has 4 nitrogen and oxygen atoms in total. The lowest BCUT2D eigenvalue weighted by molar-refractivity contribution is -0.143. The highest BCUT2D eigenvalue weighted by atomic mass is 79.9. The highest BCUT2D eigenvalue weighted by Gasteiger charge is 2.19. The average Bonchev–Trinajstić information content (AvgIpc) is 2.53.